The first-order valence-corrected chi connectivity index (χ1v) is 7.40. The number of methoxy groups -OCH3 is 1. The Bertz CT molecular complexity index is 497. The number of ketones is 1. The number of carbonyl (C=O) groups is 1. The highest BCUT2D eigenvalue weighted by atomic mass is 16.5. The Kier molecular flexibility index (Phi) is 4.48. The quantitative estimate of drug-likeness (QED) is 0.678. The molecule has 0 unspecified atom stereocenters. The summed E-state index contributed by atoms with van der Waals surface area (Å²) < 4.78 is 5.28. The van der Waals surface area contributed by atoms with Crippen LogP contribution in [0.4, 0.5) is 0 Å². The molecule has 3 nitrogen and oxygen atoms in total. The number of rotatable bonds is 3. The van der Waals surface area contributed by atoms with E-state index in [-0.39, 0.29) is 5.78 Å². The summed E-state index contributed by atoms with van der Waals surface area (Å²) in [5.41, 5.74) is 1.25. The van der Waals surface area contributed by atoms with Gasteiger partial charge in [0.2, 0.25) is 0 Å². The molecule has 0 amide bonds. The number of hydrogen-bond acceptors (Lipinski definition) is 3. The predicted molar refractivity (Wildman–Crippen MR) is 79.5 cm³/mol. The summed E-state index contributed by atoms with van der Waals surface area (Å²) in [6.45, 7) is 3.82. The highest BCUT2D eigenvalue weighted by Crippen LogP contribution is 2.32. The van der Waals surface area contributed by atoms with Crippen molar-refractivity contribution < 1.29 is 14.6 Å². The molecule has 1 aliphatic carbocycles. The highest BCUT2D eigenvalue weighted by molar-refractivity contribution is 6.03. The van der Waals surface area contributed by atoms with E-state index in [9.17, 15) is 9.90 Å². The Hall–Kier alpha value is -1.35. The summed E-state index contributed by atoms with van der Waals surface area (Å²) in [6.07, 6.45) is 5.23. The third-order valence-electron chi connectivity index (χ3n) is 4.34. The van der Waals surface area contributed by atoms with Crippen molar-refractivity contribution in [2.75, 3.05) is 7.11 Å². The van der Waals surface area contributed by atoms with Crippen molar-refractivity contribution in [3.8, 4) is 5.75 Å². The average molecular weight is 276 g/mol. The minimum Gasteiger partial charge on any atom is -0.496 e. The van der Waals surface area contributed by atoms with Gasteiger partial charge in [-0.25, -0.2) is 0 Å². The van der Waals surface area contributed by atoms with Gasteiger partial charge in [0.05, 0.1) is 7.11 Å². The summed E-state index contributed by atoms with van der Waals surface area (Å²) in [4.78, 5) is 12.8. The molecule has 0 bridgehead atoms. The van der Waals surface area contributed by atoms with Crippen molar-refractivity contribution in [2.24, 2.45) is 0 Å². The number of hydrogen-bond donors (Lipinski definition) is 1. The molecule has 2 rings (SSSR count). The molecule has 1 N–H and O–H groups in total. The number of ether oxygens (including phenoxy) is 1. The molecule has 1 aromatic rings. The highest BCUT2D eigenvalue weighted by Gasteiger charge is 2.37. The van der Waals surface area contributed by atoms with Crippen molar-refractivity contribution in [2.45, 2.75) is 58.0 Å². The third kappa shape index (κ3) is 2.88. The van der Waals surface area contributed by atoms with Crippen LogP contribution in [0.3, 0.4) is 0 Å². The van der Waals surface area contributed by atoms with Crippen LogP contribution in [0, 0.1) is 13.8 Å². The maximum Gasteiger partial charge on any atom is 0.194 e. The monoisotopic (exact) mass is 276 g/mol. The Morgan fingerprint density at radius 3 is 2.25 bits per heavy atom. The van der Waals surface area contributed by atoms with E-state index >= 15 is 0 Å². The van der Waals surface area contributed by atoms with E-state index in [2.05, 4.69) is 0 Å². The van der Waals surface area contributed by atoms with Crippen LogP contribution in [0.25, 0.3) is 0 Å². The van der Waals surface area contributed by atoms with Crippen LogP contribution < -0.4 is 4.74 Å². The zero-order valence-electron chi connectivity index (χ0n) is 12.7. The van der Waals surface area contributed by atoms with Crippen LogP contribution in [0.5, 0.6) is 5.75 Å². The molecule has 1 fully saturated rings. The van der Waals surface area contributed by atoms with Gasteiger partial charge in [-0.3, -0.25) is 4.79 Å². The van der Waals surface area contributed by atoms with E-state index < -0.39 is 5.60 Å². The number of aryl methyl sites for hydroxylation is 2. The molecule has 0 heterocycles. The van der Waals surface area contributed by atoms with Crippen LogP contribution in [0.1, 0.15) is 60.0 Å². The lowest BCUT2D eigenvalue weighted by molar-refractivity contribution is 0.0237. The lowest BCUT2D eigenvalue weighted by atomic mass is 9.84. The minimum absolute atomic E-state index is 0.123. The van der Waals surface area contributed by atoms with Crippen molar-refractivity contribution >= 4 is 5.78 Å². The topological polar surface area (TPSA) is 46.5 Å². The van der Waals surface area contributed by atoms with Gasteiger partial charge < -0.3 is 9.84 Å². The molecule has 0 aromatic heterocycles. The van der Waals surface area contributed by atoms with E-state index in [0.29, 0.717) is 18.4 Å². The zero-order chi connectivity index (χ0) is 14.8. The first-order valence-electron chi connectivity index (χ1n) is 7.40. The van der Waals surface area contributed by atoms with Crippen LogP contribution in [0.15, 0.2) is 12.1 Å². The summed E-state index contributed by atoms with van der Waals surface area (Å²) in [5.74, 6) is 0.662. The fourth-order valence-electron chi connectivity index (χ4n) is 3.05. The Labute approximate surface area is 121 Å². The molecule has 0 aliphatic heterocycles. The van der Waals surface area contributed by atoms with Gasteiger partial charge in [-0.15, -0.1) is 0 Å². The number of aliphatic hydroxyl groups is 1. The van der Waals surface area contributed by atoms with Gasteiger partial charge in [0.15, 0.2) is 5.78 Å². The van der Waals surface area contributed by atoms with Crippen LogP contribution in [-0.4, -0.2) is 23.6 Å². The minimum atomic E-state index is -1.18. The Morgan fingerprint density at radius 1 is 1.10 bits per heavy atom. The molecule has 1 aromatic carbocycles. The van der Waals surface area contributed by atoms with Crippen molar-refractivity contribution in [1.29, 1.82) is 0 Å². The fourth-order valence-corrected chi connectivity index (χ4v) is 3.05. The first kappa shape index (κ1) is 15.0. The molecular weight excluding hydrogens is 252 g/mol. The summed E-state index contributed by atoms with van der Waals surface area (Å²) in [7, 11) is 1.63. The second-order valence-corrected chi connectivity index (χ2v) is 5.91. The SMILES string of the molecule is COc1cc(C)c(C(=O)C2(O)CCCCCC2)cc1C. The molecular formula is C17H24O3. The van der Waals surface area contributed by atoms with Crippen LogP contribution >= 0.6 is 0 Å². The van der Waals surface area contributed by atoms with Crippen molar-refractivity contribution in [1.82, 2.24) is 0 Å². The Morgan fingerprint density at radius 2 is 1.70 bits per heavy atom. The van der Waals surface area contributed by atoms with E-state index in [1.807, 2.05) is 26.0 Å². The van der Waals surface area contributed by atoms with Gasteiger partial charge in [-0.1, -0.05) is 25.7 Å². The Balaban J connectivity index is 2.35. The van der Waals surface area contributed by atoms with Gasteiger partial charge in [-0.05, 0) is 49.9 Å². The molecule has 1 saturated carbocycles. The van der Waals surface area contributed by atoms with Gasteiger partial charge in [0.1, 0.15) is 11.4 Å². The molecule has 110 valence electrons. The maximum atomic E-state index is 12.8. The van der Waals surface area contributed by atoms with Crippen molar-refractivity contribution in [3.05, 3.63) is 28.8 Å². The van der Waals surface area contributed by atoms with Gasteiger partial charge in [-0.2, -0.15) is 0 Å². The van der Waals surface area contributed by atoms with Crippen molar-refractivity contribution in [3.63, 3.8) is 0 Å². The number of carbonyl (C=O) groups excluding carboxylic acids is 1. The largest absolute Gasteiger partial charge is 0.496 e. The molecule has 0 atom stereocenters. The van der Waals surface area contributed by atoms with E-state index in [1.165, 1.54) is 0 Å². The predicted octanol–water partition coefficient (Wildman–Crippen LogP) is 3.58. The number of Topliss-reactive ketones (excluding diaryl/α,β-unsaturated/α-hetero) is 1. The summed E-state index contributed by atoms with van der Waals surface area (Å²) >= 11 is 0. The van der Waals surface area contributed by atoms with Gasteiger partial charge in [0, 0.05) is 5.56 Å². The standard InChI is InChI=1S/C17H24O3/c1-12-11-15(20-3)13(2)10-14(12)16(18)17(19)8-6-4-5-7-9-17/h10-11,19H,4-9H2,1-3H3. The average Bonchev–Trinajstić information content (AvgIpc) is 2.66. The van der Waals surface area contributed by atoms with Crippen LogP contribution in [-0.2, 0) is 0 Å². The zero-order valence-corrected chi connectivity index (χ0v) is 12.7. The summed E-state index contributed by atoms with van der Waals surface area (Å²) in [5, 5.41) is 10.7. The van der Waals surface area contributed by atoms with E-state index in [4.69, 9.17) is 4.74 Å². The molecule has 0 saturated heterocycles. The molecule has 0 radical (unpaired) electrons. The van der Waals surface area contributed by atoms with E-state index in [1.54, 1.807) is 7.11 Å². The lowest BCUT2D eigenvalue weighted by Gasteiger charge is -2.26. The maximum absolute atomic E-state index is 12.8. The number of benzene rings is 1. The normalized spacial score (nSPS) is 18.4. The molecule has 3 heteroatoms. The smallest absolute Gasteiger partial charge is 0.194 e. The second kappa shape index (κ2) is 5.96. The second-order valence-electron chi connectivity index (χ2n) is 5.91. The third-order valence-corrected chi connectivity index (χ3v) is 4.34. The first-order chi connectivity index (χ1) is 9.48. The van der Waals surface area contributed by atoms with E-state index in [0.717, 1.165) is 42.6 Å². The summed E-state index contributed by atoms with van der Waals surface area (Å²) in [6, 6.07) is 3.72. The lowest BCUT2D eigenvalue weighted by Crippen LogP contribution is -2.38. The molecule has 20 heavy (non-hydrogen) atoms. The molecule has 0 spiro atoms. The molecule has 1 aliphatic rings. The fraction of sp³-hybridized carbons (Fsp3) is 0.588. The van der Waals surface area contributed by atoms with Gasteiger partial charge >= 0.3 is 0 Å². The van der Waals surface area contributed by atoms with Gasteiger partial charge in [0.25, 0.3) is 0 Å². The van der Waals surface area contributed by atoms with Crippen LogP contribution in [0.2, 0.25) is 0 Å².